The number of aliphatic hydroxyl groups is 2. The topological polar surface area (TPSA) is 40.5 Å². The number of rotatable bonds is 6. The molecule has 2 heteroatoms. The average molecular weight is 244 g/mol. The minimum atomic E-state index is 0.188. The Morgan fingerprint density at radius 1 is 0.667 bits per heavy atom. The maximum absolute atomic E-state index is 9.09. The third-order valence-electron chi connectivity index (χ3n) is 3.34. The molecule has 2 N–H and O–H groups in total. The molecule has 0 spiro atoms. The fraction of sp³-hybridized carbons (Fsp3) is 0.375. The fourth-order valence-electron chi connectivity index (χ4n) is 2.41. The number of hydrogen-bond acceptors (Lipinski definition) is 2. The average Bonchev–Trinajstić information content (AvgIpc) is 2.41. The lowest BCUT2D eigenvalue weighted by Crippen LogP contribution is -1.96. The maximum Gasteiger partial charge on any atom is 0.0471 e. The molecule has 0 aliphatic heterocycles. The molecule has 2 nitrogen and oxygen atoms in total. The molecule has 0 amide bonds. The standard InChI is InChI=1S/C16H20O2/c17-11-4-3-5-13-8-9-14(10-12-18)16-7-2-1-6-15(13)16/h1-2,6-9,17-18H,3-5,10-12H2. The predicted octanol–water partition coefficient (Wildman–Crippen LogP) is 2.69. The van der Waals surface area contributed by atoms with Gasteiger partial charge in [0.15, 0.2) is 0 Å². The third kappa shape index (κ3) is 2.89. The summed E-state index contributed by atoms with van der Waals surface area (Å²) >= 11 is 0. The summed E-state index contributed by atoms with van der Waals surface area (Å²) in [5.41, 5.74) is 2.54. The van der Waals surface area contributed by atoms with Gasteiger partial charge in [-0.1, -0.05) is 36.4 Å². The summed E-state index contributed by atoms with van der Waals surface area (Å²) in [6.45, 7) is 0.453. The summed E-state index contributed by atoms with van der Waals surface area (Å²) in [6, 6.07) is 12.6. The quantitative estimate of drug-likeness (QED) is 0.767. The molecular weight excluding hydrogens is 224 g/mol. The number of hydrogen-bond donors (Lipinski definition) is 2. The molecule has 2 aromatic carbocycles. The van der Waals surface area contributed by atoms with Crippen LogP contribution in [-0.4, -0.2) is 23.4 Å². The zero-order chi connectivity index (χ0) is 12.8. The largest absolute Gasteiger partial charge is 0.396 e. The summed E-state index contributed by atoms with van der Waals surface area (Å²) in [4.78, 5) is 0. The van der Waals surface area contributed by atoms with Crippen LogP contribution in [0.1, 0.15) is 24.0 Å². The van der Waals surface area contributed by atoms with E-state index in [4.69, 9.17) is 10.2 Å². The molecule has 0 radical (unpaired) electrons. The van der Waals surface area contributed by atoms with Gasteiger partial charge in [-0.3, -0.25) is 0 Å². The monoisotopic (exact) mass is 244 g/mol. The van der Waals surface area contributed by atoms with Crippen LogP contribution < -0.4 is 0 Å². The van der Waals surface area contributed by atoms with Gasteiger partial charge in [-0.25, -0.2) is 0 Å². The van der Waals surface area contributed by atoms with E-state index < -0.39 is 0 Å². The zero-order valence-corrected chi connectivity index (χ0v) is 10.6. The van der Waals surface area contributed by atoms with Crippen LogP contribution >= 0.6 is 0 Å². The second kappa shape index (κ2) is 6.53. The molecule has 0 atom stereocenters. The summed E-state index contributed by atoms with van der Waals surface area (Å²) < 4.78 is 0. The van der Waals surface area contributed by atoms with E-state index in [1.807, 2.05) is 6.07 Å². The zero-order valence-electron chi connectivity index (χ0n) is 10.6. The van der Waals surface area contributed by atoms with E-state index in [-0.39, 0.29) is 13.2 Å². The molecule has 18 heavy (non-hydrogen) atoms. The van der Waals surface area contributed by atoms with Crippen LogP contribution in [0.3, 0.4) is 0 Å². The summed E-state index contributed by atoms with van der Waals surface area (Å²) in [7, 11) is 0. The van der Waals surface area contributed by atoms with Crippen molar-refractivity contribution < 1.29 is 10.2 Å². The van der Waals surface area contributed by atoms with Crippen molar-refractivity contribution in [3.05, 3.63) is 47.5 Å². The van der Waals surface area contributed by atoms with E-state index in [9.17, 15) is 0 Å². The van der Waals surface area contributed by atoms with E-state index in [0.29, 0.717) is 6.42 Å². The van der Waals surface area contributed by atoms with E-state index in [1.165, 1.54) is 21.9 Å². The van der Waals surface area contributed by atoms with Gasteiger partial charge in [0.05, 0.1) is 0 Å². The van der Waals surface area contributed by atoms with Crippen LogP contribution in [-0.2, 0) is 12.8 Å². The number of unbranched alkanes of at least 4 members (excludes halogenated alkanes) is 1. The van der Waals surface area contributed by atoms with Crippen molar-refractivity contribution in [3.8, 4) is 0 Å². The van der Waals surface area contributed by atoms with Gasteiger partial charge in [0.25, 0.3) is 0 Å². The molecular formula is C16H20O2. The van der Waals surface area contributed by atoms with Gasteiger partial charge in [0.2, 0.25) is 0 Å². The Hall–Kier alpha value is -1.38. The van der Waals surface area contributed by atoms with Gasteiger partial charge in [-0.2, -0.15) is 0 Å². The molecule has 2 aromatic rings. The molecule has 0 aliphatic rings. The van der Waals surface area contributed by atoms with Gasteiger partial charge < -0.3 is 10.2 Å². The van der Waals surface area contributed by atoms with Gasteiger partial charge >= 0.3 is 0 Å². The van der Waals surface area contributed by atoms with Gasteiger partial charge in [0.1, 0.15) is 0 Å². The van der Waals surface area contributed by atoms with Crippen LogP contribution in [0.25, 0.3) is 10.8 Å². The second-order valence-corrected chi connectivity index (χ2v) is 4.58. The lowest BCUT2D eigenvalue weighted by atomic mass is 9.95. The van der Waals surface area contributed by atoms with Gasteiger partial charge in [0, 0.05) is 13.2 Å². The first-order chi connectivity index (χ1) is 8.86. The number of fused-ring (bicyclic) bond motifs is 1. The van der Waals surface area contributed by atoms with Crippen molar-refractivity contribution in [3.63, 3.8) is 0 Å². The summed E-state index contributed by atoms with van der Waals surface area (Å²) in [6.07, 6.45) is 3.57. The first-order valence-electron chi connectivity index (χ1n) is 6.58. The van der Waals surface area contributed by atoms with Crippen molar-refractivity contribution in [2.45, 2.75) is 25.7 Å². The Morgan fingerprint density at radius 2 is 1.28 bits per heavy atom. The highest BCUT2D eigenvalue weighted by atomic mass is 16.3. The molecule has 0 saturated heterocycles. The van der Waals surface area contributed by atoms with Crippen molar-refractivity contribution in [1.82, 2.24) is 0 Å². The smallest absolute Gasteiger partial charge is 0.0471 e. The van der Waals surface area contributed by atoms with E-state index in [1.54, 1.807) is 0 Å². The van der Waals surface area contributed by atoms with Crippen LogP contribution in [0.4, 0.5) is 0 Å². The minimum Gasteiger partial charge on any atom is -0.396 e. The predicted molar refractivity (Wildman–Crippen MR) is 74.8 cm³/mol. The lowest BCUT2D eigenvalue weighted by molar-refractivity contribution is 0.284. The second-order valence-electron chi connectivity index (χ2n) is 4.58. The van der Waals surface area contributed by atoms with Gasteiger partial charge in [-0.05, 0) is 47.6 Å². The van der Waals surface area contributed by atoms with Gasteiger partial charge in [-0.15, -0.1) is 0 Å². The molecule has 0 aliphatic carbocycles. The highest BCUT2D eigenvalue weighted by Gasteiger charge is 2.05. The van der Waals surface area contributed by atoms with E-state index in [0.717, 1.165) is 19.3 Å². The Morgan fingerprint density at radius 3 is 1.83 bits per heavy atom. The van der Waals surface area contributed by atoms with Crippen LogP contribution in [0.5, 0.6) is 0 Å². The van der Waals surface area contributed by atoms with Crippen LogP contribution in [0.15, 0.2) is 36.4 Å². The highest BCUT2D eigenvalue weighted by molar-refractivity contribution is 5.88. The van der Waals surface area contributed by atoms with Crippen molar-refractivity contribution in [1.29, 1.82) is 0 Å². The minimum absolute atomic E-state index is 0.188. The number of aryl methyl sites for hydroxylation is 1. The number of aliphatic hydroxyl groups excluding tert-OH is 2. The molecule has 2 rings (SSSR count). The third-order valence-corrected chi connectivity index (χ3v) is 3.34. The fourth-order valence-corrected chi connectivity index (χ4v) is 2.41. The maximum atomic E-state index is 9.09. The van der Waals surface area contributed by atoms with Crippen molar-refractivity contribution in [2.24, 2.45) is 0 Å². The van der Waals surface area contributed by atoms with E-state index >= 15 is 0 Å². The lowest BCUT2D eigenvalue weighted by Gasteiger charge is -2.10. The van der Waals surface area contributed by atoms with E-state index in [2.05, 4.69) is 30.3 Å². The summed E-state index contributed by atoms with van der Waals surface area (Å²) in [5.74, 6) is 0. The molecule has 0 bridgehead atoms. The Labute approximate surface area is 108 Å². The Bertz CT molecular complexity index is 505. The Kier molecular flexibility index (Phi) is 4.73. The Balaban J connectivity index is 2.34. The molecule has 0 aromatic heterocycles. The van der Waals surface area contributed by atoms with Crippen LogP contribution in [0.2, 0.25) is 0 Å². The molecule has 0 unspecified atom stereocenters. The first kappa shape index (κ1) is 13.1. The summed E-state index contributed by atoms with van der Waals surface area (Å²) in [5, 5.41) is 20.5. The van der Waals surface area contributed by atoms with Crippen molar-refractivity contribution in [2.75, 3.05) is 13.2 Å². The highest BCUT2D eigenvalue weighted by Crippen LogP contribution is 2.24. The number of benzene rings is 2. The molecule has 96 valence electrons. The van der Waals surface area contributed by atoms with Crippen LogP contribution in [0, 0.1) is 0 Å². The molecule has 0 saturated carbocycles. The van der Waals surface area contributed by atoms with Crippen molar-refractivity contribution >= 4 is 10.8 Å². The normalized spacial score (nSPS) is 11.0. The SMILES string of the molecule is OCCCCc1ccc(CCO)c2ccccc12. The first-order valence-corrected chi connectivity index (χ1v) is 6.58. The molecule has 0 fully saturated rings. The molecule has 0 heterocycles.